The molecule has 0 radical (unpaired) electrons. The van der Waals surface area contributed by atoms with Crippen molar-refractivity contribution in [3.63, 3.8) is 0 Å². The monoisotopic (exact) mass is 425 g/mol. The molecule has 1 fully saturated rings. The Morgan fingerprint density at radius 1 is 1.10 bits per heavy atom. The second kappa shape index (κ2) is 8.73. The van der Waals surface area contributed by atoms with E-state index < -0.39 is 17.0 Å². The van der Waals surface area contributed by atoms with E-state index in [1.54, 1.807) is 11.0 Å². The fourth-order valence-corrected chi connectivity index (χ4v) is 3.93. The summed E-state index contributed by atoms with van der Waals surface area (Å²) in [4.78, 5) is 40.0. The number of amides is 1. The van der Waals surface area contributed by atoms with E-state index in [1.165, 1.54) is 19.1 Å². The molecule has 0 saturated carbocycles. The van der Waals surface area contributed by atoms with Gasteiger partial charge in [-0.2, -0.15) is 0 Å². The van der Waals surface area contributed by atoms with Gasteiger partial charge in [-0.1, -0.05) is 18.2 Å². The Balaban J connectivity index is 1.48. The number of carbonyl (C=O) groups is 2. The molecule has 2 heterocycles. The second-order valence-corrected chi connectivity index (χ2v) is 7.48. The predicted octanol–water partition coefficient (Wildman–Crippen LogP) is 2.57. The third-order valence-electron chi connectivity index (χ3n) is 5.54. The molecule has 1 amide bonds. The minimum absolute atomic E-state index is 0.0326. The summed E-state index contributed by atoms with van der Waals surface area (Å²) in [6, 6.07) is 11.8. The Hall–Kier alpha value is -3.46. The number of ether oxygens (including phenoxy) is 2. The molecule has 31 heavy (non-hydrogen) atoms. The zero-order chi connectivity index (χ0) is 22.0. The standard InChI is InChI=1S/C22H23N3O6/c1-15(21(26)24-9-8-16-4-2-3-5-18(16)24)31-22(27)17-6-7-19(20(14-17)25(28)29)23-10-12-30-13-11-23/h2-7,14-15H,8-13H2,1H3/t15-/m0/s1. The first-order valence-corrected chi connectivity index (χ1v) is 10.2. The van der Waals surface area contributed by atoms with Crippen molar-refractivity contribution in [3.8, 4) is 0 Å². The summed E-state index contributed by atoms with van der Waals surface area (Å²) < 4.78 is 10.7. The number of nitrogens with zero attached hydrogens (tertiary/aromatic N) is 3. The first-order valence-electron chi connectivity index (χ1n) is 10.2. The number of rotatable bonds is 5. The van der Waals surface area contributed by atoms with Gasteiger partial charge in [0.15, 0.2) is 6.10 Å². The van der Waals surface area contributed by atoms with E-state index in [4.69, 9.17) is 9.47 Å². The molecule has 4 rings (SSSR count). The molecule has 9 nitrogen and oxygen atoms in total. The molecule has 1 atom stereocenters. The Kier molecular flexibility index (Phi) is 5.85. The van der Waals surface area contributed by atoms with Crippen molar-refractivity contribution in [2.24, 2.45) is 0 Å². The van der Waals surface area contributed by atoms with Crippen LogP contribution in [0, 0.1) is 10.1 Å². The zero-order valence-electron chi connectivity index (χ0n) is 17.2. The number of anilines is 2. The van der Waals surface area contributed by atoms with Gasteiger partial charge >= 0.3 is 5.97 Å². The fourth-order valence-electron chi connectivity index (χ4n) is 3.93. The molecule has 9 heteroatoms. The van der Waals surface area contributed by atoms with Crippen molar-refractivity contribution >= 4 is 28.9 Å². The summed E-state index contributed by atoms with van der Waals surface area (Å²) in [5, 5.41) is 11.6. The fraction of sp³-hybridized carbons (Fsp3) is 0.364. The third kappa shape index (κ3) is 4.22. The predicted molar refractivity (Wildman–Crippen MR) is 114 cm³/mol. The van der Waals surface area contributed by atoms with E-state index in [1.807, 2.05) is 29.2 Å². The summed E-state index contributed by atoms with van der Waals surface area (Å²) in [6.07, 6.45) is -0.269. The first-order chi connectivity index (χ1) is 15.0. The van der Waals surface area contributed by atoms with Gasteiger partial charge in [-0.15, -0.1) is 0 Å². The number of nitro benzene ring substituents is 1. The molecule has 0 spiro atoms. The Bertz CT molecular complexity index is 1020. The number of morpholine rings is 1. The molecular weight excluding hydrogens is 402 g/mol. The maximum atomic E-state index is 12.8. The van der Waals surface area contributed by atoms with Crippen LogP contribution in [-0.4, -0.2) is 55.8 Å². The summed E-state index contributed by atoms with van der Waals surface area (Å²) in [5.74, 6) is -1.09. The van der Waals surface area contributed by atoms with Gasteiger partial charge in [0.05, 0.1) is 23.7 Å². The summed E-state index contributed by atoms with van der Waals surface area (Å²) in [7, 11) is 0. The first kappa shape index (κ1) is 20.8. The molecule has 162 valence electrons. The van der Waals surface area contributed by atoms with Crippen molar-refractivity contribution in [2.45, 2.75) is 19.4 Å². The number of nitro groups is 1. The molecule has 0 N–H and O–H groups in total. The van der Waals surface area contributed by atoms with Crippen molar-refractivity contribution in [2.75, 3.05) is 42.6 Å². The molecule has 1 saturated heterocycles. The minimum atomic E-state index is -1.02. The van der Waals surface area contributed by atoms with E-state index in [2.05, 4.69) is 0 Å². The van der Waals surface area contributed by atoms with Crippen LogP contribution in [-0.2, 0) is 20.7 Å². The molecule has 2 aliphatic rings. The molecule has 0 bridgehead atoms. The number of esters is 1. The van der Waals surface area contributed by atoms with Gasteiger partial charge in [0.2, 0.25) is 0 Å². The Labute approximate surface area is 179 Å². The summed E-state index contributed by atoms with van der Waals surface area (Å²) in [5.41, 5.74) is 2.18. The lowest BCUT2D eigenvalue weighted by atomic mass is 10.1. The van der Waals surface area contributed by atoms with Crippen LogP contribution < -0.4 is 9.80 Å². The maximum absolute atomic E-state index is 12.8. The number of hydrogen-bond acceptors (Lipinski definition) is 7. The Morgan fingerprint density at radius 2 is 1.84 bits per heavy atom. The van der Waals surface area contributed by atoms with E-state index >= 15 is 0 Å². The van der Waals surface area contributed by atoms with Crippen LogP contribution >= 0.6 is 0 Å². The molecule has 0 unspecified atom stereocenters. The minimum Gasteiger partial charge on any atom is -0.449 e. The summed E-state index contributed by atoms with van der Waals surface area (Å²) in [6.45, 7) is 4.08. The van der Waals surface area contributed by atoms with E-state index in [9.17, 15) is 19.7 Å². The lowest BCUT2D eigenvalue weighted by molar-refractivity contribution is -0.384. The highest BCUT2D eigenvalue weighted by molar-refractivity contribution is 6.00. The van der Waals surface area contributed by atoms with Crippen LogP contribution in [0.25, 0.3) is 0 Å². The smallest absolute Gasteiger partial charge is 0.339 e. The van der Waals surface area contributed by atoms with Gasteiger partial charge in [-0.25, -0.2) is 4.79 Å². The molecule has 2 aromatic carbocycles. The molecule has 2 aromatic rings. The normalized spacial score (nSPS) is 16.5. The van der Waals surface area contributed by atoms with Crippen LogP contribution in [0.3, 0.4) is 0 Å². The van der Waals surface area contributed by atoms with E-state index in [0.29, 0.717) is 38.5 Å². The second-order valence-electron chi connectivity index (χ2n) is 7.48. The number of fused-ring (bicyclic) bond motifs is 1. The molecule has 0 aromatic heterocycles. The van der Waals surface area contributed by atoms with Crippen LogP contribution in [0.1, 0.15) is 22.8 Å². The van der Waals surface area contributed by atoms with Gasteiger partial charge in [0.1, 0.15) is 5.69 Å². The van der Waals surface area contributed by atoms with Gasteiger partial charge in [0.25, 0.3) is 11.6 Å². The summed E-state index contributed by atoms with van der Waals surface area (Å²) >= 11 is 0. The maximum Gasteiger partial charge on any atom is 0.339 e. The van der Waals surface area contributed by atoms with Crippen molar-refractivity contribution in [1.82, 2.24) is 0 Å². The highest BCUT2D eigenvalue weighted by Gasteiger charge is 2.31. The lowest BCUT2D eigenvalue weighted by Crippen LogP contribution is -2.39. The Morgan fingerprint density at radius 3 is 2.58 bits per heavy atom. The molecule has 2 aliphatic heterocycles. The highest BCUT2D eigenvalue weighted by Crippen LogP contribution is 2.31. The van der Waals surface area contributed by atoms with Gasteiger partial charge in [0, 0.05) is 31.4 Å². The van der Waals surface area contributed by atoms with Gasteiger partial charge < -0.3 is 19.3 Å². The van der Waals surface area contributed by atoms with E-state index in [-0.39, 0.29) is 17.2 Å². The number of hydrogen-bond donors (Lipinski definition) is 0. The number of benzene rings is 2. The zero-order valence-corrected chi connectivity index (χ0v) is 17.2. The average Bonchev–Trinajstić information content (AvgIpc) is 3.22. The lowest BCUT2D eigenvalue weighted by Gasteiger charge is -2.28. The van der Waals surface area contributed by atoms with Gasteiger partial charge in [-0.05, 0) is 37.1 Å². The van der Waals surface area contributed by atoms with Crippen LogP contribution in [0.15, 0.2) is 42.5 Å². The van der Waals surface area contributed by atoms with Crippen molar-refractivity contribution < 1.29 is 24.0 Å². The van der Waals surface area contributed by atoms with Gasteiger partial charge in [-0.3, -0.25) is 14.9 Å². The number of carbonyl (C=O) groups excluding carboxylic acids is 2. The molecular formula is C22H23N3O6. The molecule has 0 aliphatic carbocycles. The third-order valence-corrected chi connectivity index (χ3v) is 5.54. The van der Waals surface area contributed by atoms with Crippen LogP contribution in [0.4, 0.5) is 17.1 Å². The SMILES string of the molecule is C[C@H](OC(=O)c1ccc(N2CCOCC2)c([N+](=O)[O-])c1)C(=O)N1CCc2ccccc21. The largest absolute Gasteiger partial charge is 0.449 e. The topological polar surface area (TPSA) is 102 Å². The van der Waals surface area contributed by atoms with Crippen LogP contribution in [0.2, 0.25) is 0 Å². The quantitative estimate of drug-likeness (QED) is 0.412. The van der Waals surface area contributed by atoms with E-state index in [0.717, 1.165) is 17.7 Å². The highest BCUT2D eigenvalue weighted by atomic mass is 16.6. The number of para-hydroxylation sites is 1. The average molecular weight is 425 g/mol. The van der Waals surface area contributed by atoms with Crippen molar-refractivity contribution in [3.05, 3.63) is 63.7 Å². The van der Waals surface area contributed by atoms with Crippen molar-refractivity contribution in [1.29, 1.82) is 0 Å². The van der Waals surface area contributed by atoms with Crippen LogP contribution in [0.5, 0.6) is 0 Å².